The number of aromatic amines is 1. The summed E-state index contributed by atoms with van der Waals surface area (Å²) in [7, 11) is 0.468. The summed E-state index contributed by atoms with van der Waals surface area (Å²) in [5, 5.41) is 0.944. The van der Waals surface area contributed by atoms with E-state index in [1.54, 1.807) is 31.5 Å². The molecule has 4 aromatic rings. The highest BCUT2D eigenvalue weighted by Gasteiger charge is 2.19. The molecule has 4 rings (SSSR count). The molecule has 5 nitrogen and oxygen atoms in total. The number of ether oxygens (including phenoxy) is 1. The fourth-order valence-electron chi connectivity index (χ4n) is 3.49. The first kappa shape index (κ1) is 19.4. The summed E-state index contributed by atoms with van der Waals surface area (Å²) in [6, 6.07) is 17.2. The highest BCUT2D eigenvalue weighted by Crippen LogP contribution is 2.33. The normalized spacial score (nSPS) is 12.9. The number of pyridine rings is 1. The lowest BCUT2D eigenvalue weighted by Gasteiger charge is -2.16. The van der Waals surface area contributed by atoms with Crippen molar-refractivity contribution in [3.05, 3.63) is 78.1 Å². The van der Waals surface area contributed by atoms with Crippen LogP contribution in [0, 0.1) is 0 Å². The van der Waals surface area contributed by atoms with E-state index in [1.165, 1.54) is 11.7 Å². The van der Waals surface area contributed by atoms with E-state index in [0.717, 1.165) is 33.3 Å². The summed E-state index contributed by atoms with van der Waals surface area (Å²) in [4.78, 5) is 8.04. The predicted molar refractivity (Wildman–Crippen MR) is 118 cm³/mol. The minimum absolute atomic E-state index is 0.233. The zero-order valence-electron chi connectivity index (χ0n) is 16.5. The predicted octanol–water partition coefficient (Wildman–Crippen LogP) is 2.63. The zero-order valence-corrected chi connectivity index (χ0v) is 17.3. The molecule has 0 aliphatic rings. The van der Waals surface area contributed by atoms with E-state index in [9.17, 15) is 8.42 Å². The Morgan fingerprint density at radius 1 is 1.07 bits per heavy atom. The van der Waals surface area contributed by atoms with E-state index >= 15 is 0 Å². The van der Waals surface area contributed by atoms with Crippen molar-refractivity contribution in [3.63, 3.8) is 0 Å². The van der Waals surface area contributed by atoms with Crippen LogP contribution in [0.2, 0.25) is 0 Å². The number of hydrogen-bond donors (Lipinski definition) is 1. The van der Waals surface area contributed by atoms with E-state index in [-0.39, 0.29) is 6.10 Å². The second kappa shape index (κ2) is 7.50. The second-order valence-electron chi connectivity index (χ2n) is 7.19. The number of nitrogens with one attached hydrogen (secondary N) is 1. The maximum Gasteiger partial charge on any atom is 0.175 e. The van der Waals surface area contributed by atoms with Crippen molar-refractivity contribution < 1.29 is 13.2 Å². The summed E-state index contributed by atoms with van der Waals surface area (Å²) >= 11 is 0. The molecule has 0 radical (unpaired) electrons. The fourth-order valence-corrected chi connectivity index (χ4v) is 4.16. The largest absolute Gasteiger partial charge is 0.372 e. The van der Waals surface area contributed by atoms with Gasteiger partial charge in [-0.05, 0) is 29.3 Å². The van der Waals surface area contributed by atoms with Gasteiger partial charge in [-0.2, -0.15) is 0 Å². The standard InChI is InChI=1S/C22H21BN2O3S/c1-28-21(14-6-8-17(23)9-7-14)20-13-25-22-19(20)11-16(12-24-22)15-4-3-5-18(10-15)29(2,26)27/h3-13,21H,23H2,1-2H3,(H,24,25). The van der Waals surface area contributed by atoms with Crippen LogP contribution in [-0.2, 0) is 14.6 Å². The van der Waals surface area contributed by atoms with Crippen molar-refractivity contribution in [1.82, 2.24) is 9.97 Å². The Bertz CT molecular complexity index is 1280. The lowest BCUT2D eigenvalue weighted by atomic mass is 9.92. The summed E-state index contributed by atoms with van der Waals surface area (Å²) in [6.45, 7) is 0. The summed E-state index contributed by atoms with van der Waals surface area (Å²) in [6.07, 6.45) is 4.65. The van der Waals surface area contributed by atoms with Gasteiger partial charge in [-0.1, -0.05) is 41.9 Å². The molecule has 29 heavy (non-hydrogen) atoms. The minimum Gasteiger partial charge on any atom is -0.372 e. The van der Waals surface area contributed by atoms with Gasteiger partial charge in [-0.15, -0.1) is 0 Å². The third kappa shape index (κ3) is 3.84. The Balaban J connectivity index is 1.82. The topological polar surface area (TPSA) is 72.0 Å². The summed E-state index contributed by atoms with van der Waals surface area (Å²) in [5.41, 5.74) is 5.65. The van der Waals surface area contributed by atoms with Gasteiger partial charge in [0.15, 0.2) is 9.84 Å². The maximum atomic E-state index is 11.9. The van der Waals surface area contributed by atoms with Crippen LogP contribution >= 0.6 is 0 Å². The van der Waals surface area contributed by atoms with Gasteiger partial charge in [0.05, 0.1) is 4.90 Å². The molecule has 0 fully saturated rings. The Kier molecular flexibility index (Phi) is 5.02. The van der Waals surface area contributed by atoms with Gasteiger partial charge in [0.1, 0.15) is 19.6 Å². The molecule has 2 heterocycles. The number of rotatable bonds is 5. The number of hydrogen-bond acceptors (Lipinski definition) is 4. The first-order chi connectivity index (χ1) is 13.9. The van der Waals surface area contributed by atoms with Gasteiger partial charge in [-0.25, -0.2) is 13.4 Å². The van der Waals surface area contributed by atoms with Crippen molar-refractivity contribution in [2.75, 3.05) is 13.4 Å². The number of nitrogens with zero attached hydrogens (tertiary/aromatic N) is 1. The molecule has 1 N–H and O–H groups in total. The maximum absolute atomic E-state index is 11.9. The summed E-state index contributed by atoms with van der Waals surface area (Å²) < 4.78 is 29.6. The molecule has 0 aliphatic carbocycles. The van der Waals surface area contributed by atoms with Crippen molar-refractivity contribution in [2.45, 2.75) is 11.0 Å². The molecule has 1 unspecified atom stereocenters. The van der Waals surface area contributed by atoms with Gasteiger partial charge in [0.25, 0.3) is 0 Å². The lowest BCUT2D eigenvalue weighted by Crippen LogP contribution is -2.06. The third-order valence-corrected chi connectivity index (χ3v) is 6.17. The van der Waals surface area contributed by atoms with Crippen LogP contribution in [0.3, 0.4) is 0 Å². The van der Waals surface area contributed by atoms with E-state index in [2.05, 4.69) is 42.1 Å². The molecule has 2 aromatic carbocycles. The number of benzene rings is 2. The van der Waals surface area contributed by atoms with E-state index in [0.29, 0.717) is 4.90 Å². The van der Waals surface area contributed by atoms with Gasteiger partial charge in [-0.3, -0.25) is 0 Å². The molecular weight excluding hydrogens is 383 g/mol. The first-order valence-corrected chi connectivity index (χ1v) is 11.1. The van der Waals surface area contributed by atoms with Crippen molar-refractivity contribution in [2.24, 2.45) is 0 Å². The average molecular weight is 404 g/mol. The van der Waals surface area contributed by atoms with Gasteiger partial charge in [0, 0.05) is 42.3 Å². The Morgan fingerprint density at radius 2 is 1.83 bits per heavy atom. The smallest absolute Gasteiger partial charge is 0.175 e. The highest BCUT2D eigenvalue weighted by atomic mass is 32.2. The van der Waals surface area contributed by atoms with E-state index in [4.69, 9.17) is 4.74 Å². The molecule has 2 aromatic heterocycles. The summed E-state index contributed by atoms with van der Waals surface area (Å²) in [5.74, 6) is 0. The average Bonchev–Trinajstić information content (AvgIpc) is 3.12. The molecule has 0 amide bonds. The number of aromatic nitrogens is 2. The lowest BCUT2D eigenvalue weighted by molar-refractivity contribution is 0.137. The molecule has 1 atom stereocenters. The van der Waals surface area contributed by atoms with Crippen LogP contribution in [-0.4, -0.2) is 39.6 Å². The van der Waals surface area contributed by atoms with E-state index < -0.39 is 9.84 Å². The number of methoxy groups -OCH3 is 1. The SMILES string of the molecule is Bc1ccc(C(OC)c2c[nH]c3ncc(-c4cccc(S(C)(=O)=O)c4)cc23)cc1. The minimum atomic E-state index is -3.28. The first-order valence-electron chi connectivity index (χ1n) is 9.23. The van der Waals surface area contributed by atoms with Crippen LogP contribution < -0.4 is 5.46 Å². The Hall–Kier alpha value is -2.90. The number of sulfone groups is 1. The van der Waals surface area contributed by atoms with Gasteiger partial charge < -0.3 is 9.72 Å². The zero-order chi connectivity index (χ0) is 20.6. The van der Waals surface area contributed by atoms with Crippen LogP contribution in [0.15, 0.2) is 71.9 Å². The Morgan fingerprint density at radius 3 is 2.52 bits per heavy atom. The molecule has 0 aliphatic heterocycles. The number of fused-ring (bicyclic) bond motifs is 1. The second-order valence-corrected chi connectivity index (χ2v) is 9.21. The van der Waals surface area contributed by atoms with Crippen LogP contribution in [0.1, 0.15) is 17.2 Å². The van der Waals surface area contributed by atoms with Crippen LogP contribution in [0.5, 0.6) is 0 Å². The fraction of sp³-hybridized carbons (Fsp3) is 0.136. The molecule has 0 saturated carbocycles. The van der Waals surface area contributed by atoms with Crippen molar-refractivity contribution in [3.8, 4) is 11.1 Å². The molecule has 0 bridgehead atoms. The van der Waals surface area contributed by atoms with Crippen LogP contribution in [0.25, 0.3) is 22.2 Å². The third-order valence-electron chi connectivity index (χ3n) is 5.06. The van der Waals surface area contributed by atoms with Crippen LogP contribution in [0.4, 0.5) is 0 Å². The van der Waals surface area contributed by atoms with Gasteiger partial charge in [0.2, 0.25) is 0 Å². The monoisotopic (exact) mass is 404 g/mol. The van der Waals surface area contributed by atoms with Crippen molar-refractivity contribution in [1.29, 1.82) is 0 Å². The van der Waals surface area contributed by atoms with Gasteiger partial charge >= 0.3 is 0 Å². The van der Waals surface area contributed by atoms with Crippen molar-refractivity contribution >= 4 is 34.2 Å². The quantitative estimate of drug-likeness (QED) is 0.519. The molecule has 0 spiro atoms. The molecule has 7 heteroatoms. The molecule has 0 saturated heterocycles. The highest BCUT2D eigenvalue weighted by molar-refractivity contribution is 7.90. The Labute approximate surface area is 171 Å². The van der Waals surface area contributed by atoms with E-state index in [1.807, 2.05) is 18.3 Å². The number of H-pyrrole nitrogens is 1. The molecule has 146 valence electrons. The molecular formula is C22H21BN2O3S.